The van der Waals surface area contributed by atoms with Crippen LogP contribution in [-0.4, -0.2) is 70.0 Å². The van der Waals surface area contributed by atoms with E-state index in [1.165, 1.54) is 0 Å². The van der Waals surface area contributed by atoms with E-state index in [0.717, 1.165) is 72.7 Å². The van der Waals surface area contributed by atoms with Gasteiger partial charge >= 0.3 is 0 Å². The van der Waals surface area contributed by atoms with Crippen molar-refractivity contribution >= 4 is 35.8 Å². The minimum absolute atomic E-state index is 0.364. The Morgan fingerprint density at radius 3 is 0.925 bits per heavy atom. The molecule has 0 bridgehead atoms. The van der Waals surface area contributed by atoms with E-state index < -0.39 is 0 Å². The summed E-state index contributed by atoms with van der Waals surface area (Å²) in [4.78, 5) is 30.7. The Bertz CT molecular complexity index is 1470. The Hall–Kier alpha value is -4.55. The molecular formula is C27H33N13. The Morgan fingerprint density at radius 1 is 0.400 bits per heavy atom. The predicted octanol–water partition coefficient (Wildman–Crippen LogP) is 3.07. The lowest BCUT2D eigenvalue weighted by Gasteiger charge is -2.30. The van der Waals surface area contributed by atoms with E-state index in [1.54, 1.807) is 18.9 Å². The monoisotopic (exact) mass is 539 g/mol. The highest BCUT2D eigenvalue weighted by molar-refractivity contribution is 6.30. The summed E-state index contributed by atoms with van der Waals surface area (Å²) in [6.07, 6.45) is 4.77. The van der Waals surface area contributed by atoms with E-state index >= 15 is 0 Å². The molecule has 0 N–H and O–H groups in total. The maximum Gasteiger partial charge on any atom is 0.257 e. The van der Waals surface area contributed by atoms with Crippen molar-refractivity contribution in [3.05, 3.63) is 52.4 Å². The molecule has 206 valence electrons. The molecule has 0 saturated carbocycles. The van der Waals surface area contributed by atoms with Gasteiger partial charge in [0.1, 0.15) is 0 Å². The molecule has 40 heavy (non-hydrogen) atoms. The fourth-order valence-corrected chi connectivity index (χ4v) is 4.76. The molecule has 3 aromatic rings. The van der Waals surface area contributed by atoms with Gasteiger partial charge in [0, 0.05) is 17.1 Å². The van der Waals surface area contributed by atoms with Crippen molar-refractivity contribution in [2.45, 2.75) is 80.1 Å². The van der Waals surface area contributed by atoms with Crippen molar-refractivity contribution in [1.82, 2.24) is 34.2 Å². The van der Waals surface area contributed by atoms with Gasteiger partial charge in [-0.05, 0) is 56.7 Å². The molecule has 0 radical (unpaired) electrons. The van der Waals surface area contributed by atoms with Gasteiger partial charge in [-0.1, -0.05) is 41.5 Å². The van der Waals surface area contributed by atoms with Crippen LogP contribution >= 0.6 is 0 Å². The standard InChI is InChI=1S/C27H33N13/c1-7-16-13-19(10-4)38(34-16)25-28-22-30-26(39-20(11-5)14-17(8-2)35-39)32-24-33-27(31-23(29-25)37(22)24)40-21(12-6)15-18(9-3)36-40/h13-15H,7-12H2,1-6H3. The van der Waals surface area contributed by atoms with Crippen LogP contribution in [0.4, 0.5) is 0 Å². The van der Waals surface area contributed by atoms with Crippen LogP contribution in [0.1, 0.15) is 75.7 Å². The maximum absolute atomic E-state index is 4.83. The average molecular weight is 540 g/mol. The van der Waals surface area contributed by atoms with Crippen molar-refractivity contribution in [1.29, 1.82) is 0 Å². The molecule has 0 unspecified atom stereocenters. The minimum Gasteiger partial charge on any atom is -0.212 e. The molecule has 0 spiro atoms. The first kappa shape index (κ1) is 25.7. The number of hydrogen-bond donors (Lipinski definition) is 0. The smallest absolute Gasteiger partial charge is 0.212 e. The second kappa shape index (κ2) is 10.2. The highest BCUT2D eigenvalue weighted by atomic mass is 15.6. The van der Waals surface area contributed by atoms with Crippen LogP contribution < -0.4 is 0 Å². The number of guanidine groups is 3. The summed E-state index contributed by atoms with van der Waals surface area (Å²) in [7, 11) is 0. The zero-order chi connectivity index (χ0) is 28.0. The molecule has 13 nitrogen and oxygen atoms in total. The van der Waals surface area contributed by atoms with Gasteiger partial charge in [-0.3, -0.25) is 0 Å². The quantitative estimate of drug-likeness (QED) is 0.476. The topological polar surface area (TPSA) is 131 Å². The number of hydrogen-bond acceptors (Lipinski definition) is 10. The third kappa shape index (κ3) is 4.21. The molecule has 13 heteroatoms. The fourth-order valence-electron chi connectivity index (χ4n) is 4.76. The lowest BCUT2D eigenvalue weighted by atomic mass is 10.3. The van der Waals surface area contributed by atoms with Crippen molar-refractivity contribution in [2.24, 2.45) is 30.0 Å². The summed E-state index contributed by atoms with van der Waals surface area (Å²) < 4.78 is 5.33. The van der Waals surface area contributed by atoms with Gasteiger partial charge in [0.15, 0.2) is 0 Å². The first-order valence-electron chi connectivity index (χ1n) is 14.1. The van der Waals surface area contributed by atoms with E-state index in [1.807, 2.05) is 0 Å². The summed E-state index contributed by atoms with van der Waals surface area (Å²) in [6, 6.07) is 6.25. The number of aromatic nitrogens is 6. The van der Waals surface area contributed by atoms with Gasteiger partial charge in [0.25, 0.3) is 17.9 Å². The van der Waals surface area contributed by atoms with Crippen molar-refractivity contribution in [3.8, 4) is 0 Å². The highest BCUT2D eigenvalue weighted by Crippen LogP contribution is 2.21. The van der Waals surface area contributed by atoms with Crippen LogP contribution in [-0.2, 0) is 38.5 Å². The highest BCUT2D eigenvalue weighted by Gasteiger charge is 2.37. The Balaban J connectivity index is 1.56. The predicted molar refractivity (Wildman–Crippen MR) is 156 cm³/mol. The molecule has 6 heterocycles. The summed E-state index contributed by atoms with van der Waals surface area (Å²) in [5.74, 6) is 2.27. The molecule has 0 aliphatic carbocycles. The van der Waals surface area contributed by atoms with Crippen LogP contribution in [0.5, 0.6) is 0 Å². The van der Waals surface area contributed by atoms with E-state index in [9.17, 15) is 0 Å². The summed E-state index contributed by atoms with van der Waals surface area (Å²) in [6.45, 7) is 12.5. The lowest BCUT2D eigenvalue weighted by molar-refractivity contribution is 0.760. The lowest BCUT2D eigenvalue weighted by Crippen LogP contribution is -2.50. The van der Waals surface area contributed by atoms with Gasteiger partial charge in [0.05, 0.1) is 17.1 Å². The molecular weight excluding hydrogens is 506 g/mol. The van der Waals surface area contributed by atoms with Crippen molar-refractivity contribution in [2.75, 3.05) is 0 Å². The van der Waals surface area contributed by atoms with E-state index in [2.05, 4.69) is 59.7 Å². The third-order valence-electron chi connectivity index (χ3n) is 7.04. The molecule has 0 saturated heterocycles. The summed E-state index contributed by atoms with van der Waals surface area (Å²) in [5, 5.41) is 14.3. The normalized spacial score (nSPS) is 16.2. The first-order valence-corrected chi connectivity index (χ1v) is 14.1. The van der Waals surface area contributed by atoms with Crippen LogP contribution in [0.25, 0.3) is 0 Å². The second-order valence-corrected chi connectivity index (χ2v) is 9.54. The Morgan fingerprint density at radius 2 is 0.675 bits per heavy atom. The van der Waals surface area contributed by atoms with E-state index in [-0.39, 0.29) is 0 Å². The minimum atomic E-state index is 0.364. The molecule has 0 atom stereocenters. The van der Waals surface area contributed by atoms with Crippen LogP contribution in [0.3, 0.4) is 0 Å². The van der Waals surface area contributed by atoms with Crippen molar-refractivity contribution < 1.29 is 0 Å². The Labute approximate surface area is 232 Å². The molecule has 0 fully saturated rings. The number of aliphatic imine (C=N–C) groups is 6. The van der Waals surface area contributed by atoms with Gasteiger partial charge in [-0.15, -0.1) is 0 Å². The van der Waals surface area contributed by atoms with Crippen LogP contribution in [0.2, 0.25) is 0 Å². The van der Waals surface area contributed by atoms with E-state index in [0.29, 0.717) is 35.8 Å². The van der Waals surface area contributed by atoms with Gasteiger partial charge in [-0.2, -0.15) is 45.3 Å². The molecule has 0 aromatic carbocycles. The number of nitrogens with zero attached hydrogens (tertiary/aromatic N) is 13. The molecule has 3 aromatic heterocycles. The van der Waals surface area contributed by atoms with Gasteiger partial charge in [0.2, 0.25) is 17.9 Å². The SMILES string of the molecule is CCc1cc(CC)n(C2=NC3=NC(n4nc(CC)cc4CC)=NC4=NC(n5nc(CC)cc5CC)=NC(=N2)N34)n1. The zero-order valence-corrected chi connectivity index (χ0v) is 23.8. The molecule has 0 amide bonds. The molecule has 3 aliphatic heterocycles. The van der Waals surface area contributed by atoms with Gasteiger partial charge in [-0.25, -0.2) is 18.9 Å². The van der Waals surface area contributed by atoms with Crippen LogP contribution in [0.15, 0.2) is 48.2 Å². The third-order valence-corrected chi connectivity index (χ3v) is 7.04. The zero-order valence-electron chi connectivity index (χ0n) is 23.8. The largest absolute Gasteiger partial charge is 0.257 e. The van der Waals surface area contributed by atoms with E-state index in [4.69, 9.17) is 45.3 Å². The maximum atomic E-state index is 4.83. The number of rotatable bonds is 6. The van der Waals surface area contributed by atoms with Crippen LogP contribution in [0, 0.1) is 0 Å². The second-order valence-electron chi connectivity index (χ2n) is 9.54. The summed E-state index contributed by atoms with van der Waals surface area (Å²) in [5.41, 5.74) is 5.93. The molecule has 3 aliphatic rings. The average Bonchev–Trinajstić information content (AvgIpc) is 3.72. The fraction of sp³-hybridized carbons (Fsp3) is 0.444. The van der Waals surface area contributed by atoms with Gasteiger partial charge < -0.3 is 0 Å². The summed E-state index contributed by atoms with van der Waals surface area (Å²) >= 11 is 0. The molecule has 6 rings (SSSR count). The van der Waals surface area contributed by atoms with Crippen molar-refractivity contribution in [3.63, 3.8) is 0 Å². The number of aryl methyl sites for hydroxylation is 6. The Kier molecular flexibility index (Phi) is 6.56. The first-order chi connectivity index (χ1) is 19.5.